The van der Waals surface area contributed by atoms with E-state index in [0.717, 1.165) is 78.8 Å². The molecule has 0 saturated heterocycles. The van der Waals surface area contributed by atoms with Crippen molar-refractivity contribution in [1.82, 2.24) is 84.8 Å². The number of pyridine rings is 4. The van der Waals surface area contributed by atoms with Gasteiger partial charge in [-0.1, -0.05) is 152 Å². The van der Waals surface area contributed by atoms with E-state index in [1.165, 1.54) is 28.1 Å². The van der Waals surface area contributed by atoms with Gasteiger partial charge >= 0.3 is 12.3 Å². The fourth-order valence-electron chi connectivity index (χ4n) is 14.4. The van der Waals surface area contributed by atoms with Gasteiger partial charge in [-0.05, 0) is 218 Å². The Morgan fingerprint density at radius 3 is 0.764 bits per heavy atom. The monoisotopic (exact) mass is 1720 g/mol. The predicted octanol–water partition coefficient (Wildman–Crippen LogP) is 14.3. The highest BCUT2D eigenvalue weighted by Gasteiger charge is 2.24. The molecule has 14 aromatic rings. The molecule has 5 atom stereocenters. The Morgan fingerprint density at radius 1 is 0.323 bits per heavy atom. The molecule has 0 fully saturated rings. The number of benzene rings is 5. The maximum atomic E-state index is 12.6. The molecule has 0 saturated carbocycles. The maximum Gasteiger partial charge on any atom is 0.373 e. The van der Waals surface area contributed by atoms with Gasteiger partial charge in [0.2, 0.25) is 0 Å². The summed E-state index contributed by atoms with van der Waals surface area (Å²) in [6, 6.07) is 61.3. The van der Waals surface area contributed by atoms with Gasteiger partial charge in [0.25, 0.3) is 40.0 Å². The van der Waals surface area contributed by atoms with Crippen LogP contribution < -0.4 is 43.9 Å². The highest BCUT2D eigenvalue weighted by atomic mass is 16.2. The normalized spacial score (nSPS) is 11.6. The molecule has 0 aliphatic heterocycles. The highest BCUT2D eigenvalue weighted by molar-refractivity contribution is 5.96. The lowest BCUT2D eigenvalue weighted by atomic mass is 10.1. The van der Waals surface area contributed by atoms with Crippen LogP contribution in [0.2, 0.25) is 0 Å². The van der Waals surface area contributed by atoms with E-state index in [0.29, 0.717) is 57.6 Å². The predicted molar refractivity (Wildman–Crippen MR) is 488 cm³/mol. The zero-order chi connectivity index (χ0) is 93.3. The Labute approximate surface area is 738 Å². The lowest BCUT2D eigenvalue weighted by molar-refractivity contribution is -0.193. The fraction of sp³-hybridized carbons (Fsp3) is 0.286. The summed E-state index contributed by atoms with van der Waals surface area (Å²) in [6.07, 6.45) is 9.01. The molecular formula is C98H114N18O11. The van der Waals surface area contributed by atoms with Crippen molar-refractivity contribution in [3.63, 3.8) is 0 Å². The number of aromatic amines is 4. The number of nitrogens with two attached hydrogens (primary N) is 1. The molecule has 0 radical (unpaired) electrons. The second kappa shape index (κ2) is 48.2. The van der Waals surface area contributed by atoms with Crippen molar-refractivity contribution in [3.8, 4) is 0 Å². The van der Waals surface area contributed by atoms with E-state index in [2.05, 4.69) is 149 Å². The van der Waals surface area contributed by atoms with E-state index < -0.39 is 0 Å². The average molecular weight is 1720 g/mol. The molecule has 9 N–H and O–H groups in total. The van der Waals surface area contributed by atoms with Gasteiger partial charge in [0.05, 0.1) is 71.7 Å². The second-order valence-corrected chi connectivity index (χ2v) is 30.7. The molecule has 0 spiro atoms. The minimum absolute atomic E-state index is 0.0231. The van der Waals surface area contributed by atoms with E-state index in [1.54, 1.807) is 18.6 Å². The van der Waals surface area contributed by atoms with Crippen LogP contribution in [0.1, 0.15) is 225 Å². The molecule has 127 heavy (non-hydrogen) atoms. The maximum absolute atomic E-state index is 12.6. The Morgan fingerprint density at radius 2 is 0.551 bits per heavy atom. The van der Waals surface area contributed by atoms with Crippen LogP contribution in [0.15, 0.2) is 232 Å². The number of rotatable bonds is 20. The van der Waals surface area contributed by atoms with Crippen LogP contribution in [0.5, 0.6) is 0 Å². The van der Waals surface area contributed by atoms with Gasteiger partial charge in [-0.2, -0.15) is 44.7 Å². The van der Waals surface area contributed by atoms with Gasteiger partial charge in [0, 0.05) is 106 Å². The molecule has 0 aliphatic carbocycles. The summed E-state index contributed by atoms with van der Waals surface area (Å²) in [5.74, 6) is -0.713. The number of hydrogen-bond donors (Lipinski definition) is 8. The highest BCUT2D eigenvalue weighted by Crippen LogP contribution is 2.26. The van der Waals surface area contributed by atoms with Crippen molar-refractivity contribution in [2.75, 3.05) is 0 Å². The lowest BCUT2D eigenvalue weighted by Gasteiger charge is -2.15. The van der Waals surface area contributed by atoms with Gasteiger partial charge in [-0.25, -0.2) is 0 Å². The first-order valence-electron chi connectivity index (χ1n) is 41.3. The SMILES string of the molecule is Cc1cc(C)c(CN)c(=O)[nH]1.Cc1cc(C)c(CNC(=O)c2cnn(C(C)c3ccccc3)c2C)c(=O)[nH]1.Cc1cc(C)c(CNC(=O)c2cnn([C@@H](C)c3ccccc3)c2C)c(=O)[nH]1.Cc1cc(C)c(CNC(=O)c2cnn([C@H](C)c3ccccc3)c2C)c(=O)[nH]1.Cc1ccnn1C(C)c1ccccc1.Cc1cnn(C(C)c2ccccc2)c1C.O=C=O.O=C=O. The number of nitrogens with zero attached hydrogens (tertiary/aromatic N) is 10. The van der Waals surface area contributed by atoms with Gasteiger partial charge in [0.15, 0.2) is 0 Å². The summed E-state index contributed by atoms with van der Waals surface area (Å²) < 4.78 is 9.64. The number of H-pyrrole nitrogens is 4. The van der Waals surface area contributed by atoms with Crippen LogP contribution in [-0.2, 0) is 45.4 Å². The van der Waals surface area contributed by atoms with E-state index in [-0.39, 0.29) is 90.0 Å². The van der Waals surface area contributed by atoms with Crippen LogP contribution in [-0.4, -0.2) is 98.9 Å². The van der Waals surface area contributed by atoms with Crippen LogP contribution in [0.3, 0.4) is 0 Å². The van der Waals surface area contributed by atoms with Crippen molar-refractivity contribution in [3.05, 3.63) is 400 Å². The number of aromatic nitrogens is 14. The number of hydrogen-bond acceptors (Lipinski definition) is 17. The van der Waals surface area contributed by atoms with Crippen LogP contribution in [0, 0.1) is 96.9 Å². The number of nitrogens with one attached hydrogen (secondary N) is 7. The Bertz CT molecular complexity index is 5880. The first-order valence-corrected chi connectivity index (χ1v) is 41.3. The van der Waals surface area contributed by atoms with Gasteiger partial charge in [-0.3, -0.25) is 57.0 Å². The smallest absolute Gasteiger partial charge is 0.348 e. The molecule has 0 bridgehead atoms. The van der Waals surface area contributed by atoms with Gasteiger partial charge < -0.3 is 41.6 Å². The van der Waals surface area contributed by atoms with E-state index in [1.807, 2.05) is 262 Å². The summed E-state index contributed by atoms with van der Waals surface area (Å²) in [5, 5.41) is 30.4. The van der Waals surface area contributed by atoms with E-state index >= 15 is 0 Å². The van der Waals surface area contributed by atoms with Crippen molar-refractivity contribution >= 4 is 30.0 Å². The van der Waals surface area contributed by atoms with Crippen molar-refractivity contribution < 1.29 is 33.6 Å². The third kappa shape index (κ3) is 27.3. The van der Waals surface area contributed by atoms with E-state index in [4.69, 9.17) is 24.9 Å². The van der Waals surface area contributed by atoms with Crippen molar-refractivity contribution in [2.24, 2.45) is 5.73 Å². The molecule has 662 valence electrons. The molecule has 14 rings (SSSR count). The molecule has 3 amide bonds. The van der Waals surface area contributed by atoms with Gasteiger partial charge in [-0.15, -0.1) is 0 Å². The molecule has 5 aromatic carbocycles. The quantitative estimate of drug-likeness (QED) is 0.0351. The number of carbonyl (C=O) groups excluding carboxylic acids is 7. The first kappa shape index (κ1) is 99.2. The van der Waals surface area contributed by atoms with Gasteiger partial charge in [0.1, 0.15) is 0 Å². The topological polar surface area (TPSA) is 402 Å². The standard InChI is InChI=1S/3C21H24N4O2.C13H16N2.C12H14N2.C8H12N2O.2CO2/c3*1-13-10-14(2)24-21(27)18(13)11-22-20(26)19-12-23-25(16(19)4)15(3)17-8-6-5-7-9-17;1-10-9-14-15(11(10)2)12(3)13-7-5-4-6-8-13;1-10-8-9-13-14(10)11(2)12-6-4-3-5-7-12;1-5-3-6(2)10-8(11)7(5)4-9;2*2-1-3/h3*5-10,12,15H,11H2,1-4H3,(H,22,26)(H,24,27);4-9,12H,1-3H3;3-9,11H,1-2H3;3H,4,9H2,1-2H3,(H,10,11);;/t2*15-;;;;;;/m10....../s1. The molecule has 29 nitrogen and oxygen atoms in total. The molecule has 9 heterocycles. The zero-order valence-electron chi connectivity index (χ0n) is 75.5. The molecule has 29 heteroatoms. The Kier molecular flexibility index (Phi) is 37.7. The van der Waals surface area contributed by atoms with Crippen molar-refractivity contribution in [1.29, 1.82) is 0 Å². The Hall–Kier alpha value is -14.9. The summed E-state index contributed by atoms with van der Waals surface area (Å²) in [6.45, 7) is 38.1. The summed E-state index contributed by atoms with van der Waals surface area (Å²) in [4.78, 5) is 129. The summed E-state index contributed by atoms with van der Waals surface area (Å²) in [7, 11) is 0. The lowest BCUT2D eigenvalue weighted by Crippen LogP contribution is -2.28. The Balaban J connectivity index is 0.000000212. The molecule has 3 unspecified atom stereocenters. The summed E-state index contributed by atoms with van der Waals surface area (Å²) in [5.41, 5.74) is 27.6. The molecular weight excluding hydrogens is 1610 g/mol. The van der Waals surface area contributed by atoms with E-state index in [9.17, 15) is 33.6 Å². The van der Waals surface area contributed by atoms with Crippen LogP contribution >= 0.6 is 0 Å². The molecule has 0 aliphatic rings. The van der Waals surface area contributed by atoms with Crippen LogP contribution in [0.4, 0.5) is 0 Å². The number of amides is 3. The second-order valence-electron chi connectivity index (χ2n) is 30.7. The fourth-order valence-corrected chi connectivity index (χ4v) is 14.4. The van der Waals surface area contributed by atoms with Crippen LogP contribution in [0.25, 0.3) is 0 Å². The first-order chi connectivity index (χ1) is 60.6. The number of aryl methyl sites for hydroxylation is 10. The third-order valence-corrected chi connectivity index (χ3v) is 21.7. The molecule has 9 aromatic heterocycles. The average Bonchev–Trinajstić information content (AvgIpc) is 1.57. The largest absolute Gasteiger partial charge is 0.373 e. The van der Waals surface area contributed by atoms with Crippen molar-refractivity contribution in [2.45, 2.75) is 188 Å². The minimum atomic E-state index is -0.238. The summed E-state index contributed by atoms with van der Waals surface area (Å²) >= 11 is 0. The number of carbonyl (C=O) groups is 3. The minimum Gasteiger partial charge on any atom is -0.348 e. The third-order valence-electron chi connectivity index (χ3n) is 21.7. The zero-order valence-corrected chi connectivity index (χ0v) is 75.5.